The Kier molecular flexibility index (Phi) is 6.95. The van der Waals surface area contributed by atoms with Crippen molar-refractivity contribution >= 4 is 6.16 Å². The van der Waals surface area contributed by atoms with Gasteiger partial charge in [-0.05, 0) is 39.9 Å². The van der Waals surface area contributed by atoms with E-state index >= 15 is 0 Å². The van der Waals surface area contributed by atoms with Crippen LogP contribution in [0.3, 0.4) is 0 Å². The number of carbonyl (C=O) groups is 1. The fourth-order valence-corrected chi connectivity index (χ4v) is 2.91. The Morgan fingerprint density at radius 1 is 0.808 bits per heavy atom. The van der Waals surface area contributed by atoms with Crippen LogP contribution in [0.4, 0.5) is 4.79 Å². The highest BCUT2D eigenvalue weighted by atomic mass is 16.7. The van der Waals surface area contributed by atoms with E-state index in [9.17, 15) is 4.79 Å². The number of ether oxygens (including phenoxy) is 2. The maximum atomic E-state index is 12.2. The zero-order chi connectivity index (χ0) is 20.3. The number of hydrogen-bond donors (Lipinski definition) is 0. The molecule has 0 amide bonds. The molecular formula is C23H38O3. The maximum Gasteiger partial charge on any atom is 0.513 e. The van der Waals surface area contributed by atoms with Crippen molar-refractivity contribution in [3.05, 3.63) is 28.8 Å². The molecule has 0 aliphatic carbocycles. The van der Waals surface area contributed by atoms with Gasteiger partial charge < -0.3 is 9.47 Å². The molecule has 0 saturated heterocycles. The van der Waals surface area contributed by atoms with E-state index in [1.54, 1.807) is 0 Å². The van der Waals surface area contributed by atoms with Crippen LogP contribution in [0.5, 0.6) is 5.75 Å². The minimum absolute atomic E-state index is 0.00276. The van der Waals surface area contributed by atoms with Crippen molar-refractivity contribution in [2.24, 2.45) is 0 Å². The predicted octanol–water partition coefficient (Wildman–Crippen LogP) is 6.89. The second-order valence-corrected chi connectivity index (χ2v) is 10.2. The molecular weight excluding hydrogens is 324 g/mol. The first kappa shape index (κ1) is 22.5. The first-order valence-corrected chi connectivity index (χ1v) is 9.72. The molecule has 0 radical (unpaired) electrons. The Balaban J connectivity index is 3.46. The standard InChI is InChI=1S/C23H38O3/c1-11-12-13-25-20(24)26-19-15-17(22(5,6)7)16(21(2,3)4)14-18(19)23(8,9)10/h14-15H,11-13H2,1-10H3. The molecule has 3 heteroatoms. The maximum absolute atomic E-state index is 12.2. The van der Waals surface area contributed by atoms with Crippen LogP contribution in [-0.4, -0.2) is 12.8 Å². The number of unbranched alkanes of at least 4 members (excludes halogenated alkanes) is 1. The fraction of sp³-hybridized carbons (Fsp3) is 0.696. The number of carbonyl (C=O) groups excluding carboxylic acids is 1. The second kappa shape index (κ2) is 8.02. The molecule has 1 aromatic rings. The van der Waals surface area contributed by atoms with Crippen molar-refractivity contribution in [2.45, 2.75) is 98.3 Å². The molecule has 26 heavy (non-hydrogen) atoms. The van der Waals surface area contributed by atoms with Crippen molar-refractivity contribution < 1.29 is 14.3 Å². The Bertz CT molecular complexity index is 623. The smallest absolute Gasteiger partial charge is 0.434 e. The van der Waals surface area contributed by atoms with E-state index in [0.29, 0.717) is 12.4 Å². The van der Waals surface area contributed by atoms with Gasteiger partial charge in [-0.2, -0.15) is 0 Å². The number of rotatable bonds is 4. The highest BCUT2D eigenvalue weighted by Crippen LogP contribution is 2.41. The van der Waals surface area contributed by atoms with Gasteiger partial charge in [0.15, 0.2) is 0 Å². The summed E-state index contributed by atoms with van der Waals surface area (Å²) < 4.78 is 10.9. The lowest BCUT2D eigenvalue weighted by atomic mass is 9.72. The molecule has 0 aliphatic heterocycles. The highest BCUT2D eigenvalue weighted by Gasteiger charge is 2.30. The molecule has 148 valence electrons. The van der Waals surface area contributed by atoms with Gasteiger partial charge in [0.05, 0.1) is 6.61 Å². The zero-order valence-electron chi connectivity index (χ0n) is 18.5. The average Bonchev–Trinajstić information content (AvgIpc) is 2.43. The van der Waals surface area contributed by atoms with E-state index in [-0.39, 0.29) is 16.2 Å². The Labute approximate surface area is 160 Å². The van der Waals surface area contributed by atoms with Gasteiger partial charge in [0.1, 0.15) is 5.75 Å². The normalized spacial score (nSPS) is 12.8. The largest absolute Gasteiger partial charge is 0.513 e. The summed E-state index contributed by atoms with van der Waals surface area (Å²) >= 11 is 0. The van der Waals surface area contributed by atoms with Gasteiger partial charge in [-0.15, -0.1) is 0 Å². The molecule has 0 N–H and O–H groups in total. The van der Waals surface area contributed by atoms with Gasteiger partial charge in [-0.1, -0.05) is 81.7 Å². The fourth-order valence-electron chi connectivity index (χ4n) is 2.91. The van der Waals surface area contributed by atoms with Gasteiger partial charge in [0.2, 0.25) is 0 Å². The van der Waals surface area contributed by atoms with Crippen LogP contribution in [0.1, 0.15) is 98.8 Å². The van der Waals surface area contributed by atoms with Crippen LogP contribution in [0.2, 0.25) is 0 Å². The average molecular weight is 363 g/mol. The lowest BCUT2D eigenvalue weighted by Gasteiger charge is -2.33. The minimum Gasteiger partial charge on any atom is -0.434 e. The van der Waals surface area contributed by atoms with Crippen molar-refractivity contribution in [2.75, 3.05) is 6.61 Å². The first-order valence-electron chi connectivity index (χ1n) is 9.72. The highest BCUT2D eigenvalue weighted by molar-refractivity contribution is 5.66. The number of benzene rings is 1. The molecule has 1 aromatic carbocycles. The van der Waals surface area contributed by atoms with E-state index in [1.165, 1.54) is 11.1 Å². The van der Waals surface area contributed by atoms with E-state index in [0.717, 1.165) is 18.4 Å². The van der Waals surface area contributed by atoms with Crippen LogP contribution in [0.15, 0.2) is 12.1 Å². The van der Waals surface area contributed by atoms with Crippen LogP contribution in [0, 0.1) is 0 Å². The van der Waals surface area contributed by atoms with Gasteiger partial charge in [0.25, 0.3) is 0 Å². The summed E-state index contributed by atoms with van der Waals surface area (Å²) in [5, 5.41) is 0. The van der Waals surface area contributed by atoms with Gasteiger partial charge in [-0.3, -0.25) is 0 Å². The van der Waals surface area contributed by atoms with Gasteiger partial charge in [-0.25, -0.2) is 4.79 Å². The Hall–Kier alpha value is -1.51. The van der Waals surface area contributed by atoms with E-state index < -0.39 is 6.16 Å². The summed E-state index contributed by atoms with van der Waals surface area (Å²) in [5.41, 5.74) is 3.33. The first-order chi connectivity index (χ1) is 11.7. The molecule has 0 unspecified atom stereocenters. The molecule has 0 aromatic heterocycles. The van der Waals surface area contributed by atoms with E-state index in [4.69, 9.17) is 9.47 Å². The lowest BCUT2D eigenvalue weighted by Crippen LogP contribution is -2.25. The molecule has 0 spiro atoms. The Morgan fingerprint density at radius 3 is 1.69 bits per heavy atom. The molecule has 0 bridgehead atoms. The lowest BCUT2D eigenvalue weighted by molar-refractivity contribution is 0.0971. The summed E-state index contributed by atoms with van der Waals surface area (Å²) in [5.74, 6) is 0.608. The van der Waals surface area contributed by atoms with E-state index in [1.807, 2.05) is 6.07 Å². The van der Waals surface area contributed by atoms with Crippen LogP contribution in [-0.2, 0) is 21.0 Å². The third-order valence-electron chi connectivity index (χ3n) is 4.45. The third kappa shape index (κ3) is 6.03. The summed E-state index contributed by atoms with van der Waals surface area (Å²) in [6.07, 6.45) is 1.21. The minimum atomic E-state index is -0.618. The van der Waals surface area contributed by atoms with Crippen LogP contribution < -0.4 is 4.74 Å². The molecule has 0 saturated carbocycles. The second-order valence-electron chi connectivity index (χ2n) is 10.2. The van der Waals surface area contributed by atoms with Gasteiger partial charge in [0, 0.05) is 5.56 Å². The molecule has 0 fully saturated rings. The molecule has 1 rings (SSSR count). The van der Waals surface area contributed by atoms with Gasteiger partial charge >= 0.3 is 6.16 Å². The van der Waals surface area contributed by atoms with Crippen LogP contribution >= 0.6 is 0 Å². The summed E-state index contributed by atoms with van der Waals surface area (Å²) in [6, 6.07) is 4.26. The van der Waals surface area contributed by atoms with E-state index in [2.05, 4.69) is 75.3 Å². The van der Waals surface area contributed by atoms with Crippen molar-refractivity contribution in [1.82, 2.24) is 0 Å². The molecule has 3 nitrogen and oxygen atoms in total. The quantitative estimate of drug-likeness (QED) is 0.332. The Morgan fingerprint density at radius 2 is 1.27 bits per heavy atom. The third-order valence-corrected chi connectivity index (χ3v) is 4.45. The molecule has 0 aliphatic rings. The summed E-state index contributed by atoms with van der Waals surface area (Å²) in [7, 11) is 0. The zero-order valence-corrected chi connectivity index (χ0v) is 18.5. The number of hydrogen-bond acceptors (Lipinski definition) is 3. The SMILES string of the molecule is CCCCOC(=O)Oc1cc(C(C)(C)C)c(C(C)(C)C)cc1C(C)(C)C. The monoisotopic (exact) mass is 362 g/mol. The topological polar surface area (TPSA) is 35.5 Å². The summed E-state index contributed by atoms with van der Waals surface area (Å²) in [4.78, 5) is 12.2. The van der Waals surface area contributed by atoms with Crippen molar-refractivity contribution in [1.29, 1.82) is 0 Å². The van der Waals surface area contributed by atoms with Crippen molar-refractivity contribution in [3.63, 3.8) is 0 Å². The summed E-state index contributed by atoms with van der Waals surface area (Å²) in [6.45, 7) is 22.1. The van der Waals surface area contributed by atoms with Crippen molar-refractivity contribution in [3.8, 4) is 5.75 Å². The molecule has 0 atom stereocenters. The van der Waals surface area contributed by atoms with Crippen LogP contribution in [0.25, 0.3) is 0 Å². The molecule has 0 heterocycles. The predicted molar refractivity (Wildman–Crippen MR) is 109 cm³/mol.